The van der Waals surface area contributed by atoms with Crippen LogP contribution in [-0.2, 0) is 16.6 Å². The lowest BCUT2D eigenvalue weighted by atomic mass is 10.3. The van der Waals surface area contributed by atoms with Crippen LogP contribution in [0.2, 0.25) is 5.02 Å². The number of pyridine rings is 1. The fourth-order valence-electron chi connectivity index (χ4n) is 1.63. The Morgan fingerprint density at radius 1 is 1.16 bits per heavy atom. The molecule has 0 fully saturated rings. The van der Waals surface area contributed by atoms with Gasteiger partial charge in [-0.05, 0) is 24.3 Å². The molecule has 100 valence electrons. The lowest BCUT2D eigenvalue weighted by molar-refractivity contribution is 0.462. The molecule has 19 heavy (non-hydrogen) atoms. The van der Waals surface area contributed by atoms with Gasteiger partial charge in [0.1, 0.15) is 4.90 Å². The Hall–Kier alpha value is -1.43. The first kappa shape index (κ1) is 14.0. The van der Waals surface area contributed by atoms with Gasteiger partial charge in [-0.2, -0.15) is 4.31 Å². The summed E-state index contributed by atoms with van der Waals surface area (Å²) in [5.41, 5.74) is 0.681. The van der Waals surface area contributed by atoms with Crippen molar-refractivity contribution in [3.63, 3.8) is 0 Å². The summed E-state index contributed by atoms with van der Waals surface area (Å²) in [6.45, 7) is 0.203. The normalized spacial score (nSPS) is 11.7. The van der Waals surface area contributed by atoms with E-state index in [4.69, 9.17) is 11.6 Å². The third-order valence-corrected chi connectivity index (χ3v) is 4.94. The number of halogens is 1. The van der Waals surface area contributed by atoms with E-state index in [9.17, 15) is 8.42 Å². The highest BCUT2D eigenvalue weighted by atomic mass is 35.5. The molecule has 2 aromatic rings. The third-order valence-electron chi connectivity index (χ3n) is 2.64. The number of nitrogens with zero attached hydrogens (tertiary/aromatic N) is 2. The average molecular weight is 297 g/mol. The molecule has 0 aliphatic carbocycles. The predicted octanol–water partition coefficient (Wildman–Crippen LogP) is 2.56. The molecule has 0 saturated carbocycles. The Morgan fingerprint density at radius 2 is 1.84 bits per heavy atom. The average Bonchev–Trinajstić information content (AvgIpc) is 2.40. The van der Waals surface area contributed by atoms with Crippen LogP contribution in [0, 0.1) is 0 Å². The summed E-state index contributed by atoms with van der Waals surface area (Å²) in [6, 6.07) is 11.8. The summed E-state index contributed by atoms with van der Waals surface area (Å²) >= 11 is 5.93. The van der Waals surface area contributed by atoms with Crippen molar-refractivity contribution in [3.05, 3.63) is 59.4 Å². The first-order valence-corrected chi connectivity index (χ1v) is 7.44. The van der Waals surface area contributed by atoms with Crippen molar-refractivity contribution in [1.82, 2.24) is 9.29 Å². The second-order valence-electron chi connectivity index (χ2n) is 4.01. The standard InChI is InChI=1S/C13H13ClN2O2S/c1-16(10-11-6-4-5-9-15-11)19(17,18)13-8-3-2-7-12(13)14/h2-9H,10H2,1H3. The Balaban J connectivity index is 2.28. The highest BCUT2D eigenvalue weighted by molar-refractivity contribution is 7.89. The molecule has 4 nitrogen and oxygen atoms in total. The van der Waals surface area contributed by atoms with E-state index >= 15 is 0 Å². The largest absolute Gasteiger partial charge is 0.260 e. The van der Waals surface area contributed by atoms with Crippen LogP contribution in [0.4, 0.5) is 0 Å². The van der Waals surface area contributed by atoms with Crippen LogP contribution in [0.5, 0.6) is 0 Å². The van der Waals surface area contributed by atoms with E-state index in [0.29, 0.717) is 5.69 Å². The Kier molecular flexibility index (Phi) is 4.19. The van der Waals surface area contributed by atoms with E-state index in [-0.39, 0.29) is 16.5 Å². The zero-order valence-electron chi connectivity index (χ0n) is 10.3. The van der Waals surface area contributed by atoms with Gasteiger partial charge in [0, 0.05) is 13.2 Å². The summed E-state index contributed by atoms with van der Waals surface area (Å²) in [4.78, 5) is 4.22. The molecule has 0 radical (unpaired) electrons. The molecule has 1 aromatic heterocycles. The summed E-state index contributed by atoms with van der Waals surface area (Å²) in [6.07, 6.45) is 1.63. The molecule has 1 heterocycles. The molecule has 0 bridgehead atoms. The van der Waals surface area contributed by atoms with Crippen molar-refractivity contribution in [2.24, 2.45) is 0 Å². The molecular formula is C13H13ClN2O2S. The maximum Gasteiger partial charge on any atom is 0.244 e. The second kappa shape index (κ2) is 5.69. The minimum absolute atomic E-state index is 0.107. The van der Waals surface area contributed by atoms with E-state index in [2.05, 4.69) is 4.98 Å². The lowest BCUT2D eigenvalue weighted by Gasteiger charge is -2.17. The Morgan fingerprint density at radius 3 is 2.47 bits per heavy atom. The number of sulfonamides is 1. The van der Waals surface area contributed by atoms with Crippen LogP contribution >= 0.6 is 11.6 Å². The minimum Gasteiger partial charge on any atom is -0.260 e. The van der Waals surface area contributed by atoms with Gasteiger partial charge >= 0.3 is 0 Å². The van der Waals surface area contributed by atoms with E-state index < -0.39 is 10.0 Å². The van der Waals surface area contributed by atoms with Gasteiger partial charge in [-0.1, -0.05) is 29.8 Å². The molecule has 2 rings (SSSR count). The van der Waals surface area contributed by atoms with Crippen LogP contribution in [0.25, 0.3) is 0 Å². The predicted molar refractivity (Wildman–Crippen MR) is 74.3 cm³/mol. The maximum absolute atomic E-state index is 12.4. The monoisotopic (exact) mass is 296 g/mol. The molecule has 0 aliphatic heterocycles. The first-order chi connectivity index (χ1) is 9.01. The zero-order valence-corrected chi connectivity index (χ0v) is 11.9. The van der Waals surface area contributed by atoms with Crippen molar-refractivity contribution >= 4 is 21.6 Å². The fraction of sp³-hybridized carbons (Fsp3) is 0.154. The maximum atomic E-state index is 12.4. The highest BCUT2D eigenvalue weighted by Crippen LogP contribution is 2.24. The van der Waals surface area contributed by atoms with E-state index in [0.717, 1.165) is 0 Å². The second-order valence-corrected chi connectivity index (χ2v) is 6.43. The van der Waals surface area contributed by atoms with Crippen molar-refractivity contribution in [3.8, 4) is 0 Å². The number of rotatable bonds is 4. The summed E-state index contributed by atoms with van der Waals surface area (Å²) in [5, 5.41) is 0.218. The molecule has 0 spiro atoms. The summed E-state index contributed by atoms with van der Waals surface area (Å²) < 4.78 is 26.0. The van der Waals surface area contributed by atoms with Crippen molar-refractivity contribution in [1.29, 1.82) is 0 Å². The SMILES string of the molecule is CN(Cc1ccccn1)S(=O)(=O)c1ccccc1Cl. The van der Waals surface area contributed by atoms with Gasteiger partial charge in [-0.25, -0.2) is 8.42 Å². The van der Waals surface area contributed by atoms with Crippen molar-refractivity contribution in [2.75, 3.05) is 7.05 Å². The molecule has 1 aromatic carbocycles. The van der Waals surface area contributed by atoms with Crippen molar-refractivity contribution in [2.45, 2.75) is 11.4 Å². The van der Waals surface area contributed by atoms with Gasteiger partial charge in [0.05, 0.1) is 17.3 Å². The van der Waals surface area contributed by atoms with Gasteiger partial charge in [-0.15, -0.1) is 0 Å². The topological polar surface area (TPSA) is 50.3 Å². The van der Waals surface area contributed by atoms with Gasteiger partial charge in [0.25, 0.3) is 0 Å². The molecule has 0 saturated heterocycles. The van der Waals surface area contributed by atoms with E-state index in [1.54, 1.807) is 36.5 Å². The molecular weight excluding hydrogens is 284 g/mol. The Bertz CT molecular complexity index is 659. The fourth-order valence-corrected chi connectivity index (χ4v) is 3.26. The minimum atomic E-state index is -3.61. The van der Waals surface area contributed by atoms with Crippen LogP contribution in [0.15, 0.2) is 53.6 Å². The van der Waals surface area contributed by atoms with Gasteiger partial charge in [-0.3, -0.25) is 4.98 Å². The zero-order chi connectivity index (χ0) is 13.9. The van der Waals surface area contributed by atoms with Crippen LogP contribution in [0.3, 0.4) is 0 Å². The molecule has 0 aliphatic rings. The van der Waals surface area contributed by atoms with Gasteiger partial charge in [0.15, 0.2) is 0 Å². The summed E-state index contributed by atoms with van der Waals surface area (Å²) in [7, 11) is -2.10. The Labute approximate surface area is 117 Å². The van der Waals surface area contributed by atoms with Crippen LogP contribution < -0.4 is 0 Å². The number of benzene rings is 1. The van der Waals surface area contributed by atoms with E-state index in [1.165, 1.54) is 17.4 Å². The number of hydrogen-bond acceptors (Lipinski definition) is 3. The molecule has 0 atom stereocenters. The van der Waals surface area contributed by atoms with Crippen LogP contribution in [-0.4, -0.2) is 24.8 Å². The lowest BCUT2D eigenvalue weighted by Crippen LogP contribution is -2.27. The number of aromatic nitrogens is 1. The molecule has 0 amide bonds. The number of hydrogen-bond donors (Lipinski definition) is 0. The molecule has 6 heteroatoms. The quantitative estimate of drug-likeness (QED) is 0.871. The van der Waals surface area contributed by atoms with Gasteiger partial charge in [0.2, 0.25) is 10.0 Å². The summed E-state index contributed by atoms with van der Waals surface area (Å²) in [5.74, 6) is 0. The third kappa shape index (κ3) is 3.12. The first-order valence-electron chi connectivity index (χ1n) is 5.62. The smallest absolute Gasteiger partial charge is 0.244 e. The van der Waals surface area contributed by atoms with E-state index in [1.807, 2.05) is 6.07 Å². The van der Waals surface area contributed by atoms with Crippen LogP contribution in [0.1, 0.15) is 5.69 Å². The highest BCUT2D eigenvalue weighted by Gasteiger charge is 2.23. The molecule has 0 unspecified atom stereocenters. The van der Waals surface area contributed by atoms with Gasteiger partial charge < -0.3 is 0 Å². The van der Waals surface area contributed by atoms with Crippen molar-refractivity contribution < 1.29 is 8.42 Å². The molecule has 0 N–H and O–H groups in total.